The van der Waals surface area contributed by atoms with Crippen LogP contribution in [0.4, 0.5) is 5.69 Å². The van der Waals surface area contributed by atoms with Crippen LogP contribution in [0.5, 0.6) is 0 Å². The number of amides is 2. The smallest absolute Gasteiger partial charge is 0.313 e. The normalized spacial score (nSPS) is 30.7. The van der Waals surface area contributed by atoms with Gasteiger partial charge in [0.1, 0.15) is 24.2 Å². The minimum atomic E-state index is -1.19. The lowest BCUT2D eigenvalue weighted by atomic mass is 9.66. The summed E-state index contributed by atoms with van der Waals surface area (Å²) in [4.78, 5) is 45.1. The van der Waals surface area contributed by atoms with Crippen molar-refractivity contribution in [1.82, 2.24) is 4.90 Å². The van der Waals surface area contributed by atoms with E-state index in [1.807, 2.05) is 45.9 Å². The third-order valence-corrected chi connectivity index (χ3v) is 8.35. The minimum Gasteiger partial charge on any atom is -0.461 e. The highest BCUT2D eigenvalue weighted by Crippen LogP contribution is 2.63. The predicted molar refractivity (Wildman–Crippen MR) is 140 cm³/mol. The second-order valence-corrected chi connectivity index (χ2v) is 10.7. The highest BCUT2D eigenvalue weighted by atomic mass is 16.6. The molecule has 2 unspecified atom stereocenters. The Labute approximate surface area is 218 Å². The number of hydrogen-bond acceptors (Lipinski definition) is 6. The number of hydrogen-bond donors (Lipinski definition) is 1. The summed E-state index contributed by atoms with van der Waals surface area (Å²) in [5, 5.41) is 10.2. The van der Waals surface area contributed by atoms with E-state index in [2.05, 4.69) is 13.2 Å². The lowest BCUT2D eigenvalue weighted by Crippen LogP contribution is -2.59. The van der Waals surface area contributed by atoms with Gasteiger partial charge in [0.15, 0.2) is 0 Å². The van der Waals surface area contributed by atoms with Crippen molar-refractivity contribution in [2.24, 2.45) is 11.8 Å². The molecule has 3 fully saturated rings. The Balaban J connectivity index is 1.85. The fraction of sp³-hybridized carbons (Fsp3) is 0.552. The Morgan fingerprint density at radius 1 is 1.30 bits per heavy atom. The zero-order valence-electron chi connectivity index (χ0n) is 22.2. The molecule has 3 aliphatic rings. The third-order valence-electron chi connectivity index (χ3n) is 8.35. The molecule has 1 aromatic carbocycles. The van der Waals surface area contributed by atoms with Crippen LogP contribution in [0.15, 0.2) is 43.5 Å². The van der Waals surface area contributed by atoms with Crippen molar-refractivity contribution in [3.8, 4) is 0 Å². The van der Waals surface area contributed by atoms with E-state index >= 15 is 0 Å². The first-order valence-electron chi connectivity index (χ1n) is 13.0. The number of benzene rings is 1. The van der Waals surface area contributed by atoms with E-state index in [9.17, 15) is 19.5 Å². The topological polar surface area (TPSA) is 96.4 Å². The number of ether oxygens (including phenoxy) is 2. The van der Waals surface area contributed by atoms with E-state index in [-0.39, 0.29) is 31.6 Å². The van der Waals surface area contributed by atoms with Gasteiger partial charge in [-0.1, -0.05) is 37.8 Å². The fourth-order valence-electron chi connectivity index (χ4n) is 6.63. The summed E-state index contributed by atoms with van der Waals surface area (Å²) in [6, 6.07) is 4.29. The van der Waals surface area contributed by atoms with Gasteiger partial charge in [0.2, 0.25) is 5.91 Å². The zero-order chi connectivity index (χ0) is 27.1. The van der Waals surface area contributed by atoms with E-state index < -0.39 is 41.1 Å². The van der Waals surface area contributed by atoms with Crippen LogP contribution in [0.3, 0.4) is 0 Å². The molecule has 3 heterocycles. The Bertz CT molecular complexity index is 1110. The molecule has 2 amide bonds. The van der Waals surface area contributed by atoms with Crippen LogP contribution in [0.2, 0.25) is 0 Å². The predicted octanol–water partition coefficient (Wildman–Crippen LogP) is 3.09. The maximum Gasteiger partial charge on any atom is 0.313 e. The number of aryl methyl sites for hydroxylation is 2. The lowest BCUT2D eigenvalue weighted by molar-refractivity contribution is -0.159. The number of esters is 1. The highest BCUT2D eigenvalue weighted by molar-refractivity contribution is 6.05. The summed E-state index contributed by atoms with van der Waals surface area (Å²) in [6.07, 6.45) is 4.55. The van der Waals surface area contributed by atoms with Crippen LogP contribution in [0.25, 0.3) is 0 Å². The van der Waals surface area contributed by atoms with E-state index in [1.54, 1.807) is 11.0 Å². The molecule has 1 spiro atoms. The fourth-order valence-corrected chi connectivity index (χ4v) is 6.63. The molecule has 8 nitrogen and oxygen atoms in total. The molecule has 0 aliphatic carbocycles. The summed E-state index contributed by atoms with van der Waals surface area (Å²) in [6.45, 7) is 15.0. The maximum atomic E-state index is 14.6. The van der Waals surface area contributed by atoms with Crippen molar-refractivity contribution in [2.45, 2.75) is 70.2 Å². The van der Waals surface area contributed by atoms with E-state index in [1.165, 1.54) is 11.0 Å². The van der Waals surface area contributed by atoms with E-state index in [4.69, 9.17) is 9.47 Å². The van der Waals surface area contributed by atoms with Gasteiger partial charge in [-0.25, -0.2) is 0 Å². The first-order chi connectivity index (χ1) is 17.6. The first-order valence-corrected chi connectivity index (χ1v) is 13.0. The van der Waals surface area contributed by atoms with Gasteiger partial charge in [-0.05, 0) is 57.2 Å². The van der Waals surface area contributed by atoms with Crippen LogP contribution in [-0.4, -0.2) is 70.8 Å². The molecule has 1 N–H and O–H groups in total. The Morgan fingerprint density at radius 2 is 2.03 bits per heavy atom. The summed E-state index contributed by atoms with van der Waals surface area (Å²) in [7, 11) is 0. The van der Waals surface area contributed by atoms with Crippen LogP contribution in [0.1, 0.15) is 44.2 Å². The Kier molecular flexibility index (Phi) is 7.36. The van der Waals surface area contributed by atoms with E-state index in [0.717, 1.165) is 16.8 Å². The molecule has 8 heteroatoms. The van der Waals surface area contributed by atoms with Gasteiger partial charge in [-0.3, -0.25) is 14.4 Å². The zero-order valence-corrected chi connectivity index (χ0v) is 22.2. The molecule has 37 heavy (non-hydrogen) atoms. The van der Waals surface area contributed by atoms with Crippen LogP contribution < -0.4 is 4.90 Å². The van der Waals surface area contributed by atoms with Crippen molar-refractivity contribution in [3.05, 3.63) is 54.6 Å². The molecule has 4 rings (SSSR count). The summed E-state index contributed by atoms with van der Waals surface area (Å²) in [5.74, 6) is -2.89. The molecule has 0 aromatic heterocycles. The molecule has 200 valence electrons. The van der Waals surface area contributed by atoms with Crippen molar-refractivity contribution < 1.29 is 29.0 Å². The number of carbonyl (C=O) groups excluding carboxylic acids is 3. The second kappa shape index (κ2) is 10.1. The molecule has 6 atom stereocenters. The van der Waals surface area contributed by atoms with Crippen molar-refractivity contribution >= 4 is 23.5 Å². The van der Waals surface area contributed by atoms with Gasteiger partial charge < -0.3 is 24.4 Å². The van der Waals surface area contributed by atoms with E-state index in [0.29, 0.717) is 19.3 Å². The van der Waals surface area contributed by atoms with Crippen molar-refractivity contribution in [3.63, 3.8) is 0 Å². The first kappa shape index (κ1) is 27.1. The maximum absolute atomic E-state index is 14.6. The third kappa shape index (κ3) is 4.10. The van der Waals surface area contributed by atoms with Crippen LogP contribution in [-0.2, 0) is 23.9 Å². The number of likely N-dealkylation sites (tertiary alicyclic amines) is 1. The van der Waals surface area contributed by atoms with Crippen molar-refractivity contribution in [2.75, 3.05) is 24.7 Å². The average Bonchev–Trinajstić information content (AvgIpc) is 3.44. The van der Waals surface area contributed by atoms with Crippen LogP contribution >= 0.6 is 0 Å². The number of aliphatic hydroxyl groups is 1. The number of aliphatic hydroxyl groups excluding tert-OH is 1. The molecule has 3 saturated heterocycles. The molecular formula is C29H38N2O6. The lowest BCUT2D eigenvalue weighted by Gasteiger charge is -2.39. The number of rotatable bonds is 10. The molecule has 1 aromatic rings. The summed E-state index contributed by atoms with van der Waals surface area (Å²) in [5.41, 5.74) is 0.521. The quantitative estimate of drug-likeness (QED) is 0.384. The van der Waals surface area contributed by atoms with Gasteiger partial charge in [0.25, 0.3) is 5.91 Å². The Hall–Kier alpha value is -2.97. The number of carbonyl (C=O) groups is 3. The molecule has 3 aliphatic heterocycles. The van der Waals surface area contributed by atoms with Gasteiger partial charge >= 0.3 is 5.97 Å². The number of fused-ring (bicyclic) bond motifs is 1. The average molecular weight is 511 g/mol. The van der Waals surface area contributed by atoms with Gasteiger partial charge in [0, 0.05) is 12.2 Å². The van der Waals surface area contributed by atoms with Gasteiger partial charge in [0.05, 0.1) is 24.2 Å². The summed E-state index contributed by atoms with van der Waals surface area (Å²) < 4.78 is 12.0. The van der Waals surface area contributed by atoms with Gasteiger partial charge in [-0.15, -0.1) is 6.58 Å². The SMILES string of the molecule is C=CCOC(=O)[C@H]1[C@H]2C(=O)N([C@@H](CC)CO)C(C(=O)N(CC=C)c3cc(C)ccc3C)C23CC[C@]1(C)O3. The molecule has 2 bridgehead atoms. The molecular weight excluding hydrogens is 472 g/mol. The van der Waals surface area contributed by atoms with Gasteiger partial charge in [-0.2, -0.15) is 0 Å². The van der Waals surface area contributed by atoms with Crippen molar-refractivity contribution in [1.29, 1.82) is 0 Å². The number of nitrogens with zero attached hydrogens (tertiary/aromatic N) is 2. The number of anilines is 1. The largest absolute Gasteiger partial charge is 0.461 e. The monoisotopic (exact) mass is 510 g/mol. The second-order valence-electron chi connectivity index (χ2n) is 10.7. The van der Waals surface area contributed by atoms with Crippen LogP contribution in [0, 0.1) is 25.7 Å². The molecule has 0 radical (unpaired) electrons. The Morgan fingerprint density at radius 3 is 2.65 bits per heavy atom. The summed E-state index contributed by atoms with van der Waals surface area (Å²) >= 11 is 0. The standard InChI is InChI=1S/C29H38N2O6/c1-7-14-30(21-16-18(4)10-11-19(21)5)26(34)24-29-13-12-28(6,37-29)23(27(35)36-15-8-2)22(29)25(33)31(24)20(9-3)17-32/h7-8,10-11,16,20,22-24,32H,1-2,9,12-15,17H2,3-6H3/t20-,22-,23+,24?,28-,29?/m0/s1. The minimum absolute atomic E-state index is 0.0272. The molecule has 0 saturated carbocycles. The highest BCUT2D eigenvalue weighted by Gasteiger charge is 2.79.